The van der Waals surface area contributed by atoms with E-state index in [0.29, 0.717) is 17.9 Å². The van der Waals surface area contributed by atoms with Crippen LogP contribution in [0, 0.1) is 6.92 Å². The molecule has 1 aromatic carbocycles. The maximum atomic E-state index is 12.0. The SMILES string of the molecule is Cc1c(N)cc(Br)cc1C(=O)OCCc1ccsc1. The molecule has 3 nitrogen and oxygen atoms in total. The first-order valence-electron chi connectivity index (χ1n) is 5.81. The van der Waals surface area contributed by atoms with E-state index in [1.54, 1.807) is 23.5 Å². The Labute approximate surface area is 124 Å². The Morgan fingerprint density at radius 3 is 2.95 bits per heavy atom. The van der Waals surface area contributed by atoms with Crippen molar-refractivity contribution in [3.63, 3.8) is 0 Å². The van der Waals surface area contributed by atoms with Gasteiger partial charge in [0.05, 0.1) is 12.2 Å². The van der Waals surface area contributed by atoms with Crippen LogP contribution in [0.3, 0.4) is 0 Å². The average molecular weight is 340 g/mol. The molecule has 0 aliphatic carbocycles. The highest BCUT2D eigenvalue weighted by Crippen LogP contribution is 2.23. The fraction of sp³-hybridized carbons (Fsp3) is 0.214. The lowest BCUT2D eigenvalue weighted by Crippen LogP contribution is -2.10. The number of nitrogens with two attached hydrogens (primary N) is 1. The molecule has 2 N–H and O–H groups in total. The molecule has 0 bridgehead atoms. The van der Waals surface area contributed by atoms with Crippen LogP contribution in [0.15, 0.2) is 33.4 Å². The Hall–Kier alpha value is -1.33. The molecule has 0 unspecified atom stereocenters. The molecule has 0 radical (unpaired) electrons. The van der Waals surface area contributed by atoms with Crippen molar-refractivity contribution < 1.29 is 9.53 Å². The van der Waals surface area contributed by atoms with Gasteiger partial charge in [-0.2, -0.15) is 11.3 Å². The maximum Gasteiger partial charge on any atom is 0.338 e. The second-order valence-electron chi connectivity index (χ2n) is 4.19. The summed E-state index contributed by atoms with van der Waals surface area (Å²) in [6, 6.07) is 5.54. The van der Waals surface area contributed by atoms with E-state index in [4.69, 9.17) is 10.5 Å². The molecule has 0 aliphatic heterocycles. The Bertz CT molecular complexity index is 581. The first kappa shape index (κ1) is 14.1. The molecule has 5 heteroatoms. The summed E-state index contributed by atoms with van der Waals surface area (Å²) in [5.74, 6) is -0.333. The van der Waals surface area contributed by atoms with Crippen LogP contribution in [0.5, 0.6) is 0 Å². The fourth-order valence-electron chi connectivity index (χ4n) is 1.69. The zero-order valence-electron chi connectivity index (χ0n) is 10.5. The molecule has 19 heavy (non-hydrogen) atoms. The van der Waals surface area contributed by atoms with Crippen molar-refractivity contribution in [2.75, 3.05) is 12.3 Å². The number of halogens is 1. The van der Waals surface area contributed by atoms with Gasteiger partial charge in [-0.05, 0) is 47.0 Å². The van der Waals surface area contributed by atoms with E-state index >= 15 is 0 Å². The summed E-state index contributed by atoms with van der Waals surface area (Å²) >= 11 is 4.97. The highest BCUT2D eigenvalue weighted by molar-refractivity contribution is 9.10. The van der Waals surface area contributed by atoms with Gasteiger partial charge in [-0.1, -0.05) is 15.9 Å². The molecule has 1 heterocycles. The van der Waals surface area contributed by atoms with E-state index in [0.717, 1.165) is 16.5 Å². The lowest BCUT2D eigenvalue weighted by Gasteiger charge is -2.09. The smallest absolute Gasteiger partial charge is 0.338 e. The van der Waals surface area contributed by atoms with E-state index in [1.807, 2.05) is 18.4 Å². The van der Waals surface area contributed by atoms with Gasteiger partial charge in [-0.25, -0.2) is 4.79 Å². The highest BCUT2D eigenvalue weighted by atomic mass is 79.9. The van der Waals surface area contributed by atoms with Crippen molar-refractivity contribution in [1.29, 1.82) is 0 Å². The van der Waals surface area contributed by atoms with Gasteiger partial charge in [0.25, 0.3) is 0 Å². The average Bonchev–Trinajstić information content (AvgIpc) is 2.86. The minimum absolute atomic E-state index is 0.333. The molecule has 0 saturated carbocycles. The van der Waals surface area contributed by atoms with E-state index in [-0.39, 0.29) is 5.97 Å². The van der Waals surface area contributed by atoms with Gasteiger partial charge in [0, 0.05) is 16.6 Å². The van der Waals surface area contributed by atoms with Gasteiger partial charge in [-0.3, -0.25) is 0 Å². The van der Waals surface area contributed by atoms with Gasteiger partial charge in [-0.15, -0.1) is 0 Å². The minimum atomic E-state index is -0.333. The summed E-state index contributed by atoms with van der Waals surface area (Å²) in [4.78, 5) is 12.0. The first-order chi connectivity index (χ1) is 9.08. The zero-order valence-corrected chi connectivity index (χ0v) is 12.9. The second kappa shape index (κ2) is 6.21. The number of hydrogen-bond acceptors (Lipinski definition) is 4. The Balaban J connectivity index is 2.00. The summed E-state index contributed by atoms with van der Waals surface area (Å²) in [7, 11) is 0. The van der Waals surface area contributed by atoms with Gasteiger partial charge in [0.1, 0.15) is 0 Å². The highest BCUT2D eigenvalue weighted by Gasteiger charge is 2.13. The molecule has 0 saturated heterocycles. The van der Waals surface area contributed by atoms with Crippen LogP contribution < -0.4 is 5.73 Å². The molecule has 0 aliphatic rings. The normalized spacial score (nSPS) is 10.4. The Morgan fingerprint density at radius 2 is 2.26 bits per heavy atom. The zero-order chi connectivity index (χ0) is 13.8. The number of nitrogen functional groups attached to an aromatic ring is 1. The number of hydrogen-bond donors (Lipinski definition) is 1. The molecule has 0 atom stereocenters. The quantitative estimate of drug-likeness (QED) is 0.680. The van der Waals surface area contributed by atoms with Gasteiger partial charge < -0.3 is 10.5 Å². The third-order valence-electron chi connectivity index (χ3n) is 2.84. The van der Waals surface area contributed by atoms with Crippen LogP contribution in [0.25, 0.3) is 0 Å². The van der Waals surface area contributed by atoms with Crippen molar-refractivity contribution in [1.82, 2.24) is 0 Å². The molecule has 2 aromatic rings. The van der Waals surface area contributed by atoms with Crippen molar-refractivity contribution in [3.8, 4) is 0 Å². The summed E-state index contributed by atoms with van der Waals surface area (Å²) in [5.41, 5.74) is 8.86. The summed E-state index contributed by atoms with van der Waals surface area (Å²) in [5, 5.41) is 4.06. The van der Waals surface area contributed by atoms with Gasteiger partial charge >= 0.3 is 5.97 Å². The molecule has 1 aromatic heterocycles. The molecule has 0 amide bonds. The largest absolute Gasteiger partial charge is 0.462 e. The minimum Gasteiger partial charge on any atom is -0.462 e. The summed E-state index contributed by atoms with van der Waals surface area (Å²) in [6.07, 6.45) is 0.734. The van der Waals surface area contributed by atoms with Crippen LogP contribution in [0.1, 0.15) is 21.5 Å². The molecule has 100 valence electrons. The van der Waals surface area contributed by atoms with E-state index in [1.165, 1.54) is 5.56 Å². The van der Waals surface area contributed by atoms with Crippen molar-refractivity contribution >= 4 is 38.9 Å². The molecular weight excluding hydrogens is 326 g/mol. The molecule has 0 fully saturated rings. The van der Waals surface area contributed by atoms with E-state index in [9.17, 15) is 4.79 Å². The number of anilines is 1. The maximum absolute atomic E-state index is 12.0. The monoisotopic (exact) mass is 339 g/mol. The predicted molar refractivity (Wildman–Crippen MR) is 81.6 cm³/mol. The number of benzene rings is 1. The standard InChI is InChI=1S/C14H14BrNO2S/c1-9-12(6-11(15)7-13(9)16)14(17)18-4-2-10-3-5-19-8-10/h3,5-8H,2,4,16H2,1H3. The Morgan fingerprint density at radius 1 is 1.47 bits per heavy atom. The number of rotatable bonds is 4. The van der Waals surface area contributed by atoms with Gasteiger partial charge in [0.2, 0.25) is 0 Å². The summed E-state index contributed by atoms with van der Waals surface area (Å²) < 4.78 is 6.06. The van der Waals surface area contributed by atoms with Gasteiger partial charge in [0.15, 0.2) is 0 Å². The van der Waals surface area contributed by atoms with Crippen LogP contribution in [-0.2, 0) is 11.2 Å². The molecule has 0 spiro atoms. The van der Waals surface area contributed by atoms with E-state index in [2.05, 4.69) is 21.3 Å². The van der Waals surface area contributed by atoms with Crippen LogP contribution in [0.4, 0.5) is 5.69 Å². The third kappa shape index (κ3) is 3.58. The number of carbonyl (C=O) groups excluding carboxylic acids is 1. The predicted octanol–water partition coefficient (Wildman–Crippen LogP) is 3.80. The van der Waals surface area contributed by atoms with Crippen LogP contribution in [0.2, 0.25) is 0 Å². The van der Waals surface area contributed by atoms with E-state index < -0.39 is 0 Å². The lowest BCUT2D eigenvalue weighted by atomic mass is 10.1. The summed E-state index contributed by atoms with van der Waals surface area (Å²) in [6.45, 7) is 2.19. The third-order valence-corrected chi connectivity index (χ3v) is 4.03. The van der Waals surface area contributed by atoms with Crippen molar-refractivity contribution in [2.24, 2.45) is 0 Å². The fourth-order valence-corrected chi connectivity index (χ4v) is 2.87. The second-order valence-corrected chi connectivity index (χ2v) is 5.88. The van der Waals surface area contributed by atoms with Crippen LogP contribution >= 0.6 is 27.3 Å². The lowest BCUT2D eigenvalue weighted by molar-refractivity contribution is 0.0508. The topological polar surface area (TPSA) is 52.3 Å². The molecular formula is C14H14BrNO2S. The van der Waals surface area contributed by atoms with Crippen molar-refractivity contribution in [2.45, 2.75) is 13.3 Å². The molecule has 2 rings (SSSR count). The number of esters is 1. The number of ether oxygens (including phenoxy) is 1. The number of carbonyl (C=O) groups is 1. The van der Waals surface area contributed by atoms with Crippen molar-refractivity contribution in [3.05, 3.63) is 50.1 Å². The van der Waals surface area contributed by atoms with Crippen LogP contribution in [-0.4, -0.2) is 12.6 Å². The Kier molecular flexibility index (Phi) is 4.61. The number of thiophene rings is 1. The first-order valence-corrected chi connectivity index (χ1v) is 7.55.